The summed E-state index contributed by atoms with van der Waals surface area (Å²) < 4.78 is 44.2. The van der Waals surface area contributed by atoms with Crippen molar-refractivity contribution in [2.24, 2.45) is 5.73 Å². The first-order valence-electron chi connectivity index (χ1n) is 6.35. The number of halogens is 3. The van der Waals surface area contributed by atoms with E-state index in [9.17, 15) is 13.2 Å². The lowest BCUT2D eigenvalue weighted by Crippen LogP contribution is -2.42. The van der Waals surface area contributed by atoms with Crippen LogP contribution < -0.4 is 5.73 Å². The number of methoxy groups -OCH3 is 1. The van der Waals surface area contributed by atoms with Crippen molar-refractivity contribution in [3.05, 3.63) is 35.4 Å². The molecule has 1 aliphatic carbocycles. The molecule has 1 fully saturated rings. The van der Waals surface area contributed by atoms with Crippen LogP contribution in [0.25, 0.3) is 0 Å². The molecule has 1 saturated carbocycles. The molecule has 0 saturated heterocycles. The zero-order chi connectivity index (χ0) is 14.1. The molecular formula is C14H18F3NO. The normalized spacial score (nSPS) is 19.8. The molecule has 19 heavy (non-hydrogen) atoms. The van der Waals surface area contributed by atoms with Crippen molar-refractivity contribution in [2.45, 2.75) is 43.5 Å². The van der Waals surface area contributed by atoms with Gasteiger partial charge in [0.05, 0.1) is 11.2 Å². The average Bonchev–Trinajstić information content (AvgIpc) is 2.32. The van der Waals surface area contributed by atoms with Gasteiger partial charge in [0, 0.05) is 13.2 Å². The molecule has 2 rings (SSSR count). The summed E-state index contributed by atoms with van der Waals surface area (Å²) in [5, 5.41) is 0. The van der Waals surface area contributed by atoms with Gasteiger partial charge in [0.1, 0.15) is 0 Å². The molecule has 0 bridgehead atoms. The highest BCUT2D eigenvalue weighted by Crippen LogP contribution is 2.43. The number of alkyl halides is 3. The van der Waals surface area contributed by atoms with Crippen LogP contribution in [0.4, 0.5) is 13.2 Å². The molecular weight excluding hydrogens is 255 g/mol. The van der Waals surface area contributed by atoms with E-state index in [1.54, 1.807) is 13.2 Å². The number of hydrogen-bond donors (Lipinski definition) is 1. The molecule has 1 aliphatic rings. The van der Waals surface area contributed by atoms with E-state index in [0.29, 0.717) is 6.42 Å². The fourth-order valence-corrected chi connectivity index (χ4v) is 2.65. The van der Waals surface area contributed by atoms with Gasteiger partial charge in [-0.2, -0.15) is 13.2 Å². The van der Waals surface area contributed by atoms with Gasteiger partial charge in [-0.15, -0.1) is 0 Å². The average molecular weight is 273 g/mol. The summed E-state index contributed by atoms with van der Waals surface area (Å²) in [5.74, 6) is 0. The van der Waals surface area contributed by atoms with Crippen molar-refractivity contribution in [1.29, 1.82) is 0 Å². The highest BCUT2D eigenvalue weighted by molar-refractivity contribution is 5.32. The molecule has 0 aliphatic heterocycles. The Morgan fingerprint density at radius 1 is 1.32 bits per heavy atom. The maximum absolute atomic E-state index is 12.9. The van der Waals surface area contributed by atoms with Crippen LogP contribution >= 0.6 is 0 Å². The van der Waals surface area contributed by atoms with Crippen molar-refractivity contribution in [3.8, 4) is 0 Å². The summed E-state index contributed by atoms with van der Waals surface area (Å²) in [6.45, 7) is 0. The van der Waals surface area contributed by atoms with E-state index < -0.39 is 17.8 Å². The summed E-state index contributed by atoms with van der Waals surface area (Å²) in [5.41, 5.74) is 5.15. The second-order valence-corrected chi connectivity index (χ2v) is 5.14. The molecule has 1 unspecified atom stereocenters. The number of ether oxygens (including phenoxy) is 1. The van der Waals surface area contributed by atoms with Gasteiger partial charge < -0.3 is 10.5 Å². The molecule has 1 aromatic carbocycles. The maximum Gasteiger partial charge on any atom is 0.416 e. The molecule has 1 aromatic rings. The minimum atomic E-state index is -4.37. The highest BCUT2D eigenvalue weighted by Gasteiger charge is 2.40. The first kappa shape index (κ1) is 14.3. The third kappa shape index (κ3) is 2.92. The summed E-state index contributed by atoms with van der Waals surface area (Å²) in [4.78, 5) is 0. The lowest BCUT2D eigenvalue weighted by Gasteiger charge is -2.42. The Morgan fingerprint density at radius 2 is 1.95 bits per heavy atom. The lowest BCUT2D eigenvalue weighted by atomic mass is 9.74. The van der Waals surface area contributed by atoms with Crippen molar-refractivity contribution in [1.82, 2.24) is 0 Å². The topological polar surface area (TPSA) is 35.2 Å². The third-order valence-corrected chi connectivity index (χ3v) is 3.96. The molecule has 2 N–H and O–H groups in total. The molecule has 0 radical (unpaired) electrons. The van der Waals surface area contributed by atoms with Crippen LogP contribution in [0.1, 0.15) is 42.9 Å². The van der Waals surface area contributed by atoms with Crippen molar-refractivity contribution in [3.63, 3.8) is 0 Å². The van der Waals surface area contributed by atoms with E-state index in [4.69, 9.17) is 10.5 Å². The lowest BCUT2D eigenvalue weighted by molar-refractivity contribution is -0.138. The second-order valence-electron chi connectivity index (χ2n) is 5.14. The molecule has 0 heterocycles. The molecule has 5 heteroatoms. The van der Waals surface area contributed by atoms with E-state index in [-0.39, 0.29) is 11.2 Å². The van der Waals surface area contributed by atoms with Gasteiger partial charge >= 0.3 is 6.18 Å². The first-order chi connectivity index (χ1) is 8.88. The van der Waals surface area contributed by atoms with Gasteiger partial charge in [0.2, 0.25) is 0 Å². The Bertz CT molecular complexity index is 435. The quantitative estimate of drug-likeness (QED) is 0.908. The number of nitrogens with two attached hydrogens (primary N) is 1. The third-order valence-electron chi connectivity index (χ3n) is 3.96. The van der Waals surface area contributed by atoms with E-state index in [1.165, 1.54) is 12.1 Å². The summed E-state index contributed by atoms with van der Waals surface area (Å²) in [7, 11) is 1.60. The molecule has 2 nitrogen and oxygen atoms in total. The number of benzene rings is 1. The Balaban J connectivity index is 2.22. The Morgan fingerprint density at radius 3 is 2.42 bits per heavy atom. The summed E-state index contributed by atoms with van der Waals surface area (Å²) >= 11 is 0. The smallest absolute Gasteiger partial charge is 0.378 e. The van der Waals surface area contributed by atoms with Crippen molar-refractivity contribution in [2.75, 3.05) is 7.11 Å². The number of hydrogen-bond acceptors (Lipinski definition) is 2. The zero-order valence-electron chi connectivity index (χ0n) is 10.8. The zero-order valence-corrected chi connectivity index (χ0v) is 10.8. The Hall–Kier alpha value is -1.07. The van der Waals surface area contributed by atoms with Gasteiger partial charge in [0.15, 0.2) is 0 Å². The van der Waals surface area contributed by atoms with Gasteiger partial charge in [-0.25, -0.2) is 0 Å². The van der Waals surface area contributed by atoms with Gasteiger partial charge in [-0.1, -0.05) is 18.2 Å². The molecule has 0 spiro atoms. The maximum atomic E-state index is 12.9. The monoisotopic (exact) mass is 273 g/mol. The van der Waals surface area contributed by atoms with Crippen LogP contribution in [-0.2, 0) is 10.9 Å². The Kier molecular flexibility index (Phi) is 3.87. The van der Waals surface area contributed by atoms with Crippen LogP contribution in [0.15, 0.2) is 24.3 Å². The van der Waals surface area contributed by atoms with Crippen LogP contribution in [0.2, 0.25) is 0 Å². The van der Waals surface area contributed by atoms with E-state index >= 15 is 0 Å². The number of rotatable bonds is 4. The molecule has 0 amide bonds. The van der Waals surface area contributed by atoms with Crippen molar-refractivity contribution >= 4 is 0 Å². The summed E-state index contributed by atoms with van der Waals surface area (Å²) in [6.07, 6.45) is -1.16. The van der Waals surface area contributed by atoms with Crippen LogP contribution in [-0.4, -0.2) is 12.7 Å². The SMILES string of the molecule is COC1(CC(N)c2ccccc2C(F)(F)F)CCC1. The van der Waals surface area contributed by atoms with E-state index in [1.807, 2.05) is 0 Å². The molecule has 1 atom stereocenters. The highest BCUT2D eigenvalue weighted by atomic mass is 19.4. The van der Waals surface area contributed by atoms with Crippen LogP contribution in [0.5, 0.6) is 0 Å². The standard InChI is InChI=1S/C14H18F3NO/c1-19-13(7-4-8-13)9-12(18)10-5-2-3-6-11(10)14(15,16)17/h2-3,5-6,12H,4,7-9,18H2,1H3. The van der Waals surface area contributed by atoms with Crippen LogP contribution in [0, 0.1) is 0 Å². The predicted molar refractivity (Wildman–Crippen MR) is 66.6 cm³/mol. The predicted octanol–water partition coefficient (Wildman–Crippen LogP) is 3.66. The van der Waals surface area contributed by atoms with E-state index in [2.05, 4.69) is 0 Å². The first-order valence-corrected chi connectivity index (χ1v) is 6.35. The fraction of sp³-hybridized carbons (Fsp3) is 0.571. The van der Waals surface area contributed by atoms with Gasteiger partial charge in [0.25, 0.3) is 0 Å². The van der Waals surface area contributed by atoms with Crippen LogP contribution in [0.3, 0.4) is 0 Å². The van der Waals surface area contributed by atoms with Gasteiger partial charge in [-0.3, -0.25) is 0 Å². The van der Waals surface area contributed by atoms with Gasteiger partial charge in [-0.05, 0) is 37.3 Å². The van der Waals surface area contributed by atoms with Crippen molar-refractivity contribution < 1.29 is 17.9 Å². The summed E-state index contributed by atoms with van der Waals surface area (Å²) in [6, 6.07) is 4.85. The Labute approximate surface area is 110 Å². The minimum Gasteiger partial charge on any atom is -0.378 e. The largest absolute Gasteiger partial charge is 0.416 e. The van der Waals surface area contributed by atoms with E-state index in [0.717, 1.165) is 25.3 Å². The second kappa shape index (κ2) is 5.13. The molecule has 0 aromatic heterocycles. The molecule has 106 valence electrons. The fourth-order valence-electron chi connectivity index (χ4n) is 2.65. The minimum absolute atomic E-state index is 0.151.